The lowest BCUT2D eigenvalue weighted by molar-refractivity contribution is 0.0698. The quantitative estimate of drug-likeness (QED) is 0.905. The van der Waals surface area contributed by atoms with Crippen molar-refractivity contribution in [3.8, 4) is 0 Å². The van der Waals surface area contributed by atoms with E-state index in [0.29, 0.717) is 12.2 Å². The predicted molar refractivity (Wildman–Crippen MR) is 77.4 cm³/mol. The zero-order valence-electron chi connectivity index (χ0n) is 10.4. The van der Waals surface area contributed by atoms with Crippen LogP contribution in [0.4, 0.5) is 5.69 Å². The number of benzene rings is 1. The van der Waals surface area contributed by atoms with Gasteiger partial charge in [0.1, 0.15) is 0 Å². The highest BCUT2D eigenvalue weighted by atomic mass is 79.9. The van der Waals surface area contributed by atoms with Crippen LogP contribution in [0.3, 0.4) is 0 Å². The average molecular weight is 321 g/mol. The fourth-order valence-electron chi connectivity index (χ4n) is 1.72. The van der Waals surface area contributed by atoms with Crippen LogP contribution in [0.25, 0.3) is 0 Å². The molecule has 1 aromatic carbocycles. The van der Waals surface area contributed by atoms with E-state index in [1.807, 2.05) is 13.0 Å². The second kappa shape index (κ2) is 5.84. The number of carboxylic acids is 1. The summed E-state index contributed by atoms with van der Waals surface area (Å²) in [5.74, 6) is -0.946. The fourth-order valence-corrected chi connectivity index (χ4v) is 2.08. The van der Waals surface area contributed by atoms with Gasteiger partial charge in [-0.25, -0.2) is 4.79 Å². The monoisotopic (exact) mass is 320 g/mol. The van der Waals surface area contributed by atoms with Crippen LogP contribution < -0.4 is 5.32 Å². The van der Waals surface area contributed by atoms with E-state index >= 15 is 0 Å². The lowest BCUT2D eigenvalue weighted by atomic mass is 10.1. The number of pyridine rings is 1. The number of aromatic nitrogens is 1. The molecule has 0 bridgehead atoms. The first-order chi connectivity index (χ1) is 9.08. The maximum atomic E-state index is 11.1. The summed E-state index contributed by atoms with van der Waals surface area (Å²) in [6, 6.07) is 6.97. The third kappa shape index (κ3) is 3.32. The maximum absolute atomic E-state index is 11.1. The zero-order chi connectivity index (χ0) is 13.8. The summed E-state index contributed by atoms with van der Waals surface area (Å²) >= 11 is 3.34. The number of carboxylic acid groups (broad SMARTS) is 1. The van der Waals surface area contributed by atoms with Crippen LogP contribution in [0.15, 0.2) is 41.1 Å². The Labute approximate surface area is 119 Å². The zero-order valence-corrected chi connectivity index (χ0v) is 11.9. The van der Waals surface area contributed by atoms with Gasteiger partial charge in [-0.15, -0.1) is 0 Å². The number of hydrogen-bond acceptors (Lipinski definition) is 3. The Hall–Kier alpha value is -1.88. The topological polar surface area (TPSA) is 62.2 Å². The first kappa shape index (κ1) is 13.5. The summed E-state index contributed by atoms with van der Waals surface area (Å²) < 4.78 is 0.836. The molecule has 0 radical (unpaired) electrons. The van der Waals surface area contributed by atoms with Gasteiger partial charge < -0.3 is 10.4 Å². The number of carbonyl (C=O) groups is 1. The second-order valence-electron chi connectivity index (χ2n) is 4.15. The highest BCUT2D eigenvalue weighted by molar-refractivity contribution is 9.10. The van der Waals surface area contributed by atoms with Crippen LogP contribution in [0.2, 0.25) is 0 Å². The molecule has 0 saturated carbocycles. The predicted octanol–water partition coefficient (Wildman–Crippen LogP) is 3.46. The van der Waals surface area contributed by atoms with Crippen molar-refractivity contribution in [3.05, 3.63) is 57.8 Å². The number of halogens is 1. The smallest absolute Gasteiger partial charge is 0.337 e. The van der Waals surface area contributed by atoms with Gasteiger partial charge in [-0.2, -0.15) is 0 Å². The first-order valence-corrected chi connectivity index (χ1v) is 6.53. The van der Waals surface area contributed by atoms with Gasteiger partial charge in [-0.1, -0.05) is 15.9 Å². The van der Waals surface area contributed by atoms with Crippen molar-refractivity contribution in [1.29, 1.82) is 0 Å². The molecule has 0 aliphatic carbocycles. The highest BCUT2D eigenvalue weighted by Gasteiger charge is 2.10. The molecule has 0 saturated heterocycles. The summed E-state index contributed by atoms with van der Waals surface area (Å²) in [4.78, 5) is 15.2. The normalized spacial score (nSPS) is 10.2. The molecule has 1 aromatic heterocycles. The first-order valence-electron chi connectivity index (χ1n) is 5.74. The highest BCUT2D eigenvalue weighted by Crippen LogP contribution is 2.22. The molecule has 2 N–H and O–H groups in total. The summed E-state index contributed by atoms with van der Waals surface area (Å²) in [6.45, 7) is 2.54. The van der Waals surface area contributed by atoms with Gasteiger partial charge in [0.2, 0.25) is 0 Å². The Kier molecular flexibility index (Phi) is 4.16. The van der Waals surface area contributed by atoms with Crippen molar-refractivity contribution in [2.24, 2.45) is 0 Å². The van der Waals surface area contributed by atoms with Gasteiger partial charge >= 0.3 is 5.97 Å². The van der Waals surface area contributed by atoms with Crippen molar-refractivity contribution >= 4 is 27.6 Å². The van der Waals surface area contributed by atoms with Crippen LogP contribution >= 0.6 is 15.9 Å². The number of nitrogens with zero attached hydrogens (tertiary/aromatic N) is 1. The summed E-state index contributed by atoms with van der Waals surface area (Å²) in [5.41, 5.74) is 3.00. The third-order valence-corrected chi connectivity index (χ3v) is 3.32. The third-order valence-electron chi connectivity index (χ3n) is 2.83. The molecule has 4 nitrogen and oxygen atoms in total. The molecule has 98 valence electrons. The Morgan fingerprint density at radius 3 is 2.89 bits per heavy atom. The van der Waals surface area contributed by atoms with Crippen molar-refractivity contribution < 1.29 is 9.90 Å². The summed E-state index contributed by atoms with van der Waals surface area (Å²) in [6.07, 6.45) is 3.52. The van der Waals surface area contributed by atoms with E-state index in [-0.39, 0.29) is 5.56 Å². The van der Waals surface area contributed by atoms with E-state index in [1.165, 1.54) is 0 Å². The van der Waals surface area contributed by atoms with Crippen molar-refractivity contribution in [2.75, 3.05) is 5.32 Å². The van der Waals surface area contributed by atoms with Crippen LogP contribution in [0, 0.1) is 6.92 Å². The summed E-state index contributed by atoms with van der Waals surface area (Å²) in [5, 5.41) is 12.3. The van der Waals surface area contributed by atoms with E-state index in [4.69, 9.17) is 5.11 Å². The van der Waals surface area contributed by atoms with E-state index in [0.717, 1.165) is 15.6 Å². The van der Waals surface area contributed by atoms with Gasteiger partial charge in [0.25, 0.3) is 0 Å². The molecule has 5 heteroatoms. The van der Waals surface area contributed by atoms with Gasteiger partial charge in [0.05, 0.1) is 11.3 Å². The largest absolute Gasteiger partial charge is 0.478 e. The molecular formula is C14H13BrN2O2. The molecule has 0 spiro atoms. The van der Waals surface area contributed by atoms with Crippen LogP contribution in [-0.2, 0) is 6.54 Å². The van der Waals surface area contributed by atoms with E-state index in [9.17, 15) is 4.79 Å². The van der Waals surface area contributed by atoms with Crippen molar-refractivity contribution in [1.82, 2.24) is 4.98 Å². The second-order valence-corrected chi connectivity index (χ2v) is 5.07. The van der Waals surface area contributed by atoms with Crippen LogP contribution in [0.5, 0.6) is 0 Å². The minimum Gasteiger partial charge on any atom is -0.478 e. The molecular weight excluding hydrogens is 308 g/mol. The number of rotatable bonds is 4. The lowest BCUT2D eigenvalue weighted by Gasteiger charge is -2.11. The van der Waals surface area contributed by atoms with E-state index in [1.54, 1.807) is 30.6 Å². The molecule has 1 heterocycles. The van der Waals surface area contributed by atoms with Crippen molar-refractivity contribution in [2.45, 2.75) is 13.5 Å². The number of nitrogens with one attached hydrogen (secondary N) is 1. The van der Waals surface area contributed by atoms with E-state index in [2.05, 4.69) is 26.2 Å². The number of anilines is 1. The Morgan fingerprint density at radius 2 is 2.21 bits per heavy atom. The lowest BCUT2D eigenvalue weighted by Crippen LogP contribution is -2.07. The molecule has 0 fully saturated rings. The van der Waals surface area contributed by atoms with Gasteiger partial charge in [0.15, 0.2) is 0 Å². The fraction of sp³-hybridized carbons (Fsp3) is 0.143. The number of aryl methyl sites for hydroxylation is 1. The van der Waals surface area contributed by atoms with Crippen LogP contribution in [-0.4, -0.2) is 16.1 Å². The number of hydrogen-bond donors (Lipinski definition) is 2. The van der Waals surface area contributed by atoms with Gasteiger partial charge in [-0.3, -0.25) is 4.98 Å². The Morgan fingerprint density at radius 1 is 1.42 bits per heavy atom. The standard InChI is InChI=1S/C14H13BrN2O2/c1-9-4-5-16-7-10(9)8-17-13-6-11(15)2-3-12(13)14(18)19/h2-7,17H,8H2,1H3,(H,18,19). The molecule has 0 aliphatic rings. The minimum atomic E-state index is -0.946. The molecule has 19 heavy (non-hydrogen) atoms. The Balaban J connectivity index is 2.22. The molecule has 2 aromatic rings. The molecule has 0 aliphatic heterocycles. The SMILES string of the molecule is Cc1ccncc1CNc1cc(Br)ccc1C(=O)O. The number of aromatic carboxylic acids is 1. The molecule has 0 amide bonds. The Bertz CT molecular complexity index is 614. The van der Waals surface area contributed by atoms with Gasteiger partial charge in [-0.05, 0) is 42.3 Å². The molecule has 2 rings (SSSR count). The van der Waals surface area contributed by atoms with E-state index < -0.39 is 5.97 Å². The van der Waals surface area contributed by atoms with Gasteiger partial charge in [0, 0.05) is 23.4 Å². The maximum Gasteiger partial charge on any atom is 0.337 e. The summed E-state index contributed by atoms with van der Waals surface area (Å²) in [7, 11) is 0. The van der Waals surface area contributed by atoms with Crippen LogP contribution in [0.1, 0.15) is 21.5 Å². The molecule has 0 atom stereocenters. The molecule has 0 unspecified atom stereocenters. The van der Waals surface area contributed by atoms with Crippen molar-refractivity contribution in [3.63, 3.8) is 0 Å². The average Bonchev–Trinajstić information content (AvgIpc) is 2.37. The minimum absolute atomic E-state index is 0.254.